The number of methoxy groups -OCH3 is 1. The lowest BCUT2D eigenvalue weighted by atomic mass is 10.1. The van der Waals surface area contributed by atoms with Gasteiger partial charge in [-0.2, -0.15) is 0 Å². The Morgan fingerprint density at radius 2 is 2.09 bits per heavy atom. The van der Waals surface area contributed by atoms with Crippen molar-refractivity contribution >= 4 is 17.6 Å². The molecule has 6 nitrogen and oxygen atoms in total. The first-order chi connectivity index (χ1) is 10.5. The molecular weight excluding hydrogens is 282 g/mol. The van der Waals surface area contributed by atoms with Crippen molar-refractivity contribution in [2.24, 2.45) is 0 Å². The second-order valence-corrected chi connectivity index (χ2v) is 5.17. The second-order valence-electron chi connectivity index (χ2n) is 5.17. The minimum absolute atomic E-state index is 0.170. The van der Waals surface area contributed by atoms with Crippen LogP contribution in [-0.2, 0) is 0 Å². The average molecular weight is 303 g/mol. The van der Waals surface area contributed by atoms with Crippen LogP contribution in [0.15, 0.2) is 29.8 Å². The zero-order valence-electron chi connectivity index (χ0n) is 13.1. The van der Waals surface area contributed by atoms with Crippen molar-refractivity contribution in [3.05, 3.63) is 35.4 Å². The highest BCUT2D eigenvalue weighted by Gasteiger charge is 2.17. The fourth-order valence-electron chi connectivity index (χ4n) is 2.26. The molecule has 0 bridgehead atoms. The van der Waals surface area contributed by atoms with E-state index in [2.05, 4.69) is 17.6 Å². The maximum Gasteiger partial charge on any atom is 0.322 e. The summed E-state index contributed by atoms with van der Waals surface area (Å²) >= 11 is 0. The van der Waals surface area contributed by atoms with Gasteiger partial charge in [-0.25, -0.2) is 4.79 Å². The van der Waals surface area contributed by atoms with E-state index in [1.54, 1.807) is 30.1 Å². The van der Waals surface area contributed by atoms with Gasteiger partial charge in [0.05, 0.1) is 12.7 Å². The molecule has 1 aliphatic rings. The predicted octanol–water partition coefficient (Wildman–Crippen LogP) is 2.24. The van der Waals surface area contributed by atoms with Crippen LogP contribution in [0.4, 0.5) is 10.5 Å². The summed E-state index contributed by atoms with van der Waals surface area (Å²) in [5, 5.41) is 5.37. The molecule has 0 aliphatic carbocycles. The molecule has 0 radical (unpaired) electrons. The van der Waals surface area contributed by atoms with E-state index in [1.165, 1.54) is 12.7 Å². The van der Waals surface area contributed by atoms with E-state index in [4.69, 9.17) is 4.74 Å². The van der Waals surface area contributed by atoms with E-state index in [0.29, 0.717) is 30.1 Å². The second kappa shape index (κ2) is 6.98. The lowest BCUT2D eigenvalue weighted by Gasteiger charge is -2.25. The standard InChI is InChI=1S/C16H21N3O3/c1-11-6-8-19(9-7-11)16(21)18-12-4-5-14(22-3)13(10-12)15(20)17-2/h4-6,10H,7-9H2,1-3H3,(H,17,20)(H,18,21). The zero-order valence-corrected chi connectivity index (χ0v) is 13.1. The third-order valence-corrected chi connectivity index (χ3v) is 3.65. The molecule has 22 heavy (non-hydrogen) atoms. The smallest absolute Gasteiger partial charge is 0.322 e. The Hall–Kier alpha value is -2.50. The molecule has 118 valence electrons. The Morgan fingerprint density at radius 3 is 2.68 bits per heavy atom. The van der Waals surface area contributed by atoms with E-state index >= 15 is 0 Å². The molecule has 1 aromatic carbocycles. The highest BCUT2D eigenvalue weighted by molar-refractivity contribution is 5.99. The lowest BCUT2D eigenvalue weighted by Crippen LogP contribution is -2.37. The van der Waals surface area contributed by atoms with Gasteiger partial charge >= 0.3 is 6.03 Å². The molecule has 6 heteroatoms. The summed E-state index contributed by atoms with van der Waals surface area (Å²) in [6.45, 7) is 3.37. The number of hydrogen-bond acceptors (Lipinski definition) is 3. The number of anilines is 1. The average Bonchev–Trinajstić information content (AvgIpc) is 2.54. The van der Waals surface area contributed by atoms with Gasteiger partial charge in [0, 0.05) is 25.8 Å². The summed E-state index contributed by atoms with van der Waals surface area (Å²) in [6, 6.07) is 4.83. The van der Waals surface area contributed by atoms with E-state index in [9.17, 15) is 9.59 Å². The number of carbonyl (C=O) groups excluding carboxylic acids is 2. The number of hydrogen-bond donors (Lipinski definition) is 2. The molecule has 3 amide bonds. The molecular formula is C16H21N3O3. The third kappa shape index (κ3) is 3.58. The van der Waals surface area contributed by atoms with Crippen LogP contribution in [0.25, 0.3) is 0 Å². The molecule has 2 rings (SSSR count). The predicted molar refractivity (Wildman–Crippen MR) is 85.3 cm³/mol. The first-order valence-electron chi connectivity index (χ1n) is 7.17. The molecule has 2 N–H and O–H groups in total. The van der Waals surface area contributed by atoms with Gasteiger partial charge in [-0.3, -0.25) is 4.79 Å². The van der Waals surface area contributed by atoms with Crippen molar-refractivity contribution < 1.29 is 14.3 Å². The van der Waals surface area contributed by atoms with Gasteiger partial charge in [0.1, 0.15) is 5.75 Å². The molecule has 1 aliphatic heterocycles. The first kappa shape index (κ1) is 15.9. The van der Waals surface area contributed by atoms with Gasteiger partial charge in [-0.15, -0.1) is 0 Å². The van der Waals surface area contributed by atoms with Gasteiger partial charge in [0.15, 0.2) is 0 Å². The summed E-state index contributed by atoms with van der Waals surface area (Å²) < 4.78 is 5.16. The van der Waals surface area contributed by atoms with Gasteiger partial charge in [-0.1, -0.05) is 11.6 Å². The Kier molecular flexibility index (Phi) is 5.04. The summed E-state index contributed by atoms with van der Waals surface area (Å²) in [6.07, 6.45) is 2.94. The first-order valence-corrected chi connectivity index (χ1v) is 7.17. The van der Waals surface area contributed by atoms with Crippen molar-refractivity contribution in [3.8, 4) is 5.75 Å². The third-order valence-electron chi connectivity index (χ3n) is 3.65. The van der Waals surface area contributed by atoms with Crippen molar-refractivity contribution in [2.45, 2.75) is 13.3 Å². The quantitative estimate of drug-likeness (QED) is 0.841. The largest absolute Gasteiger partial charge is 0.496 e. The van der Waals surface area contributed by atoms with E-state index < -0.39 is 0 Å². The van der Waals surface area contributed by atoms with Crippen LogP contribution in [0, 0.1) is 0 Å². The van der Waals surface area contributed by atoms with Crippen LogP contribution in [0.3, 0.4) is 0 Å². The minimum Gasteiger partial charge on any atom is -0.496 e. The number of urea groups is 1. The highest BCUT2D eigenvalue weighted by atomic mass is 16.5. The van der Waals surface area contributed by atoms with Gasteiger partial charge in [0.2, 0.25) is 0 Å². The monoisotopic (exact) mass is 303 g/mol. The van der Waals surface area contributed by atoms with Gasteiger partial charge < -0.3 is 20.3 Å². The summed E-state index contributed by atoms with van der Waals surface area (Å²) in [7, 11) is 3.05. The molecule has 0 unspecified atom stereocenters. The van der Waals surface area contributed by atoms with E-state index in [0.717, 1.165) is 6.42 Å². The normalized spacial score (nSPS) is 14.1. The van der Waals surface area contributed by atoms with Crippen LogP contribution < -0.4 is 15.4 Å². The number of benzene rings is 1. The SMILES string of the molecule is CNC(=O)c1cc(NC(=O)N2CC=C(C)CC2)ccc1OC. The Balaban J connectivity index is 2.12. The van der Waals surface area contributed by atoms with Crippen molar-refractivity contribution in [2.75, 3.05) is 32.6 Å². The number of nitrogens with zero attached hydrogens (tertiary/aromatic N) is 1. The summed E-state index contributed by atoms with van der Waals surface area (Å²) in [4.78, 5) is 25.8. The van der Waals surface area contributed by atoms with Crippen LogP contribution in [0.2, 0.25) is 0 Å². The van der Waals surface area contributed by atoms with Crippen molar-refractivity contribution in [1.29, 1.82) is 0 Å². The molecule has 0 spiro atoms. The van der Waals surface area contributed by atoms with Crippen LogP contribution in [-0.4, -0.2) is 44.1 Å². The fraction of sp³-hybridized carbons (Fsp3) is 0.375. The van der Waals surface area contributed by atoms with Crippen molar-refractivity contribution in [3.63, 3.8) is 0 Å². The lowest BCUT2D eigenvalue weighted by molar-refractivity contribution is 0.0960. The molecule has 1 aromatic rings. The molecule has 0 fully saturated rings. The fourth-order valence-corrected chi connectivity index (χ4v) is 2.26. The molecule has 0 atom stereocenters. The van der Waals surface area contributed by atoms with Gasteiger partial charge in [0.25, 0.3) is 5.91 Å². The van der Waals surface area contributed by atoms with Crippen LogP contribution in [0.1, 0.15) is 23.7 Å². The molecule has 1 heterocycles. The minimum atomic E-state index is -0.260. The number of ether oxygens (including phenoxy) is 1. The van der Waals surface area contributed by atoms with Crippen LogP contribution >= 0.6 is 0 Å². The molecule has 0 saturated carbocycles. The Morgan fingerprint density at radius 1 is 1.32 bits per heavy atom. The maximum absolute atomic E-state index is 12.2. The zero-order chi connectivity index (χ0) is 16.1. The maximum atomic E-state index is 12.2. The number of amides is 3. The molecule has 0 saturated heterocycles. The Bertz CT molecular complexity index is 611. The highest BCUT2D eigenvalue weighted by Crippen LogP contribution is 2.23. The topological polar surface area (TPSA) is 70.7 Å². The van der Waals surface area contributed by atoms with Gasteiger partial charge in [-0.05, 0) is 31.5 Å². The Labute approximate surface area is 130 Å². The number of nitrogens with one attached hydrogen (secondary N) is 2. The van der Waals surface area contributed by atoms with Crippen LogP contribution in [0.5, 0.6) is 5.75 Å². The van der Waals surface area contributed by atoms with E-state index in [-0.39, 0.29) is 11.9 Å². The van der Waals surface area contributed by atoms with Crippen molar-refractivity contribution in [1.82, 2.24) is 10.2 Å². The van der Waals surface area contributed by atoms with E-state index in [1.807, 2.05) is 6.08 Å². The summed E-state index contributed by atoms with van der Waals surface area (Å²) in [5.41, 5.74) is 2.25. The summed E-state index contributed by atoms with van der Waals surface area (Å²) in [5.74, 6) is 0.207. The number of carbonyl (C=O) groups is 2. The molecule has 0 aromatic heterocycles. The number of rotatable bonds is 3.